The molecule has 2 amide bonds. The van der Waals surface area contributed by atoms with Crippen molar-refractivity contribution in [2.45, 2.75) is 30.6 Å². The van der Waals surface area contributed by atoms with Gasteiger partial charge in [0.2, 0.25) is 21.8 Å². The molecule has 0 atom stereocenters. The molecule has 2 aromatic carbocycles. The van der Waals surface area contributed by atoms with Gasteiger partial charge in [-0.1, -0.05) is 6.07 Å². The van der Waals surface area contributed by atoms with Crippen LogP contribution in [-0.2, 0) is 31.4 Å². The third-order valence-corrected chi connectivity index (χ3v) is 7.90. The zero-order valence-corrected chi connectivity index (χ0v) is 21.2. The van der Waals surface area contributed by atoms with Gasteiger partial charge in [0.25, 0.3) is 0 Å². The Labute approximate surface area is 200 Å². The minimum Gasteiger partial charge on any atom is -0.493 e. The molecular formula is C24H31N3O6S. The number of benzene rings is 2. The van der Waals surface area contributed by atoms with Gasteiger partial charge in [0.05, 0.1) is 31.1 Å². The maximum atomic E-state index is 13.1. The summed E-state index contributed by atoms with van der Waals surface area (Å²) in [7, 11) is 2.22. The normalized spacial score (nSPS) is 14.8. The predicted octanol–water partition coefficient (Wildman–Crippen LogP) is 1.94. The molecule has 0 fully saturated rings. The summed E-state index contributed by atoms with van der Waals surface area (Å²) in [5.41, 5.74) is 1.45. The van der Waals surface area contributed by atoms with Crippen LogP contribution in [-0.4, -0.2) is 65.9 Å². The number of carbonyl (C=O) groups is 2. The second-order valence-electron chi connectivity index (χ2n) is 8.72. The molecule has 0 bridgehead atoms. The molecule has 2 aromatic rings. The summed E-state index contributed by atoms with van der Waals surface area (Å²) in [6.45, 7) is 3.55. The summed E-state index contributed by atoms with van der Waals surface area (Å²) in [6.07, 6.45) is 0.546. The SMILES string of the molecule is COc1ccc(CCNC(=O)CN(C)S(=O)(=O)c2ccc3c(c2)C(C)(C)C(=O)N3C)cc1OC. The van der Waals surface area contributed by atoms with Crippen molar-refractivity contribution in [2.24, 2.45) is 0 Å². The van der Waals surface area contributed by atoms with Crippen LogP contribution in [0.2, 0.25) is 0 Å². The highest BCUT2D eigenvalue weighted by Gasteiger charge is 2.43. The molecule has 34 heavy (non-hydrogen) atoms. The lowest BCUT2D eigenvalue weighted by Gasteiger charge is -2.19. The van der Waals surface area contributed by atoms with E-state index in [1.807, 2.05) is 12.1 Å². The number of hydrogen-bond donors (Lipinski definition) is 1. The number of methoxy groups -OCH3 is 2. The van der Waals surface area contributed by atoms with E-state index in [-0.39, 0.29) is 17.3 Å². The van der Waals surface area contributed by atoms with Crippen LogP contribution < -0.4 is 19.7 Å². The average Bonchev–Trinajstić information content (AvgIpc) is 2.98. The molecule has 0 unspecified atom stereocenters. The Morgan fingerprint density at radius 2 is 1.76 bits per heavy atom. The van der Waals surface area contributed by atoms with Crippen LogP contribution >= 0.6 is 0 Å². The minimum absolute atomic E-state index is 0.0445. The van der Waals surface area contributed by atoms with Crippen molar-refractivity contribution in [1.82, 2.24) is 9.62 Å². The third-order valence-electron chi connectivity index (χ3n) is 6.10. The fourth-order valence-corrected chi connectivity index (χ4v) is 5.17. The molecular weight excluding hydrogens is 458 g/mol. The van der Waals surface area contributed by atoms with Gasteiger partial charge < -0.3 is 19.7 Å². The lowest BCUT2D eigenvalue weighted by atomic mass is 9.86. The number of ether oxygens (including phenoxy) is 2. The van der Waals surface area contributed by atoms with Crippen molar-refractivity contribution in [3.63, 3.8) is 0 Å². The number of rotatable bonds is 9. The van der Waals surface area contributed by atoms with Gasteiger partial charge in [-0.2, -0.15) is 4.31 Å². The van der Waals surface area contributed by atoms with Gasteiger partial charge in [0.15, 0.2) is 11.5 Å². The first-order valence-electron chi connectivity index (χ1n) is 10.8. The molecule has 1 heterocycles. The molecule has 0 saturated heterocycles. The number of anilines is 1. The van der Waals surface area contributed by atoms with Crippen LogP contribution in [0.15, 0.2) is 41.3 Å². The van der Waals surface area contributed by atoms with Gasteiger partial charge in [-0.05, 0) is 61.7 Å². The summed E-state index contributed by atoms with van der Waals surface area (Å²) in [6, 6.07) is 10.1. The first kappa shape index (κ1) is 25.5. The minimum atomic E-state index is -3.92. The number of carbonyl (C=O) groups excluding carboxylic acids is 2. The zero-order valence-electron chi connectivity index (χ0n) is 20.3. The van der Waals surface area contributed by atoms with Crippen molar-refractivity contribution < 1.29 is 27.5 Å². The molecule has 0 spiro atoms. The molecule has 9 nitrogen and oxygen atoms in total. The van der Waals surface area contributed by atoms with E-state index in [9.17, 15) is 18.0 Å². The second-order valence-corrected chi connectivity index (χ2v) is 10.8. The molecule has 0 saturated carbocycles. The van der Waals surface area contributed by atoms with E-state index in [0.29, 0.717) is 35.7 Å². The monoisotopic (exact) mass is 489 g/mol. The van der Waals surface area contributed by atoms with Crippen molar-refractivity contribution in [2.75, 3.05) is 46.3 Å². The van der Waals surface area contributed by atoms with Gasteiger partial charge in [-0.3, -0.25) is 9.59 Å². The molecule has 1 aliphatic rings. The van der Waals surface area contributed by atoms with Gasteiger partial charge in [-0.25, -0.2) is 8.42 Å². The molecule has 0 aliphatic carbocycles. The Bertz CT molecular complexity index is 1210. The number of fused-ring (bicyclic) bond motifs is 1. The fraction of sp³-hybridized carbons (Fsp3) is 0.417. The van der Waals surface area contributed by atoms with Crippen LogP contribution in [0.4, 0.5) is 5.69 Å². The number of nitrogens with one attached hydrogen (secondary N) is 1. The van der Waals surface area contributed by atoms with Crippen molar-refractivity contribution in [3.8, 4) is 11.5 Å². The predicted molar refractivity (Wildman–Crippen MR) is 129 cm³/mol. The maximum Gasteiger partial charge on any atom is 0.243 e. The Kier molecular flexibility index (Phi) is 7.23. The summed E-state index contributed by atoms with van der Waals surface area (Å²) < 4.78 is 37.7. The Morgan fingerprint density at radius 1 is 1.09 bits per heavy atom. The third kappa shape index (κ3) is 4.74. The number of nitrogens with zero attached hydrogens (tertiary/aromatic N) is 2. The van der Waals surface area contributed by atoms with E-state index in [2.05, 4.69) is 5.32 Å². The van der Waals surface area contributed by atoms with E-state index >= 15 is 0 Å². The molecule has 184 valence electrons. The van der Waals surface area contributed by atoms with E-state index in [1.54, 1.807) is 47.2 Å². The Balaban J connectivity index is 1.63. The highest BCUT2D eigenvalue weighted by molar-refractivity contribution is 7.89. The first-order valence-corrected chi connectivity index (χ1v) is 12.2. The lowest BCUT2D eigenvalue weighted by Crippen LogP contribution is -2.39. The number of sulfonamides is 1. The number of hydrogen-bond acceptors (Lipinski definition) is 6. The van der Waals surface area contributed by atoms with Crippen molar-refractivity contribution >= 4 is 27.5 Å². The zero-order chi connectivity index (χ0) is 25.3. The van der Waals surface area contributed by atoms with Gasteiger partial charge in [0, 0.05) is 26.3 Å². The average molecular weight is 490 g/mol. The van der Waals surface area contributed by atoms with E-state index in [4.69, 9.17) is 9.47 Å². The first-order chi connectivity index (χ1) is 15.9. The number of amides is 2. The second kappa shape index (κ2) is 9.63. The van der Waals surface area contributed by atoms with Crippen LogP contribution in [0, 0.1) is 0 Å². The highest BCUT2D eigenvalue weighted by Crippen LogP contribution is 2.41. The highest BCUT2D eigenvalue weighted by atomic mass is 32.2. The topological polar surface area (TPSA) is 105 Å². The standard InChI is InChI=1S/C24H31N3O6S/c1-24(2)18-14-17(8-9-19(18)27(4)23(24)29)34(30,31)26(3)15-22(28)25-12-11-16-7-10-20(32-5)21(13-16)33-6/h7-10,13-14H,11-12,15H2,1-6H3,(H,25,28). The van der Waals surface area contributed by atoms with Crippen molar-refractivity contribution in [3.05, 3.63) is 47.5 Å². The molecule has 3 rings (SSSR count). The summed E-state index contributed by atoms with van der Waals surface area (Å²) in [5, 5.41) is 2.75. The maximum absolute atomic E-state index is 13.1. The Morgan fingerprint density at radius 3 is 2.41 bits per heavy atom. The lowest BCUT2D eigenvalue weighted by molar-refractivity contribution is -0.122. The molecule has 1 aliphatic heterocycles. The van der Waals surface area contributed by atoms with E-state index in [1.165, 1.54) is 24.1 Å². The van der Waals surface area contributed by atoms with Crippen molar-refractivity contribution in [1.29, 1.82) is 0 Å². The Hall–Kier alpha value is -3.11. The van der Waals surface area contributed by atoms with Gasteiger partial charge >= 0.3 is 0 Å². The van der Waals surface area contributed by atoms with E-state index < -0.39 is 21.3 Å². The quantitative estimate of drug-likeness (QED) is 0.577. The van der Waals surface area contributed by atoms with Crippen LogP contribution in [0.1, 0.15) is 25.0 Å². The largest absolute Gasteiger partial charge is 0.493 e. The van der Waals surface area contributed by atoms with E-state index in [0.717, 1.165) is 9.87 Å². The summed E-state index contributed by atoms with van der Waals surface area (Å²) in [4.78, 5) is 26.5. The summed E-state index contributed by atoms with van der Waals surface area (Å²) >= 11 is 0. The fourth-order valence-electron chi connectivity index (χ4n) is 4.02. The van der Waals surface area contributed by atoms with Crippen LogP contribution in [0.3, 0.4) is 0 Å². The molecule has 10 heteroatoms. The van der Waals surface area contributed by atoms with Crippen LogP contribution in [0.25, 0.3) is 0 Å². The van der Waals surface area contributed by atoms with Gasteiger partial charge in [0.1, 0.15) is 0 Å². The van der Waals surface area contributed by atoms with Gasteiger partial charge in [-0.15, -0.1) is 0 Å². The molecule has 0 radical (unpaired) electrons. The molecule has 1 N–H and O–H groups in total. The number of likely N-dealkylation sites (N-methyl/N-ethyl adjacent to an activating group) is 2. The summed E-state index contributed by atoms with van der Waals surface area (Å²) in [5.74, 6) is 0.706. The molecule has 0 aromatic heterocycles. The van der Waals surface area contributed by atoms with Crippen LogP contribution in [0.5, 0.6) is 11.5 Å². The smallest absolute Gasteiger partial charge is 0.243 e.